The molecule has 23 heavy (non-hydrogen) atoms. The zero-order valence-electron chi connectivity index (χ0n) is 12.1. The smallest absolute Gasteiger partial charge is 0.255 e. The lowest BCUT2D eigenvalue weighted by atomic mass is 10.1. The Labute approximate surface area is 142 Å². The van der Waals surface area contributed by atoms with Gasteiger partial charge in [0.15, 0.2) is 0 Å². The van der Waals surface area contributed by atoms with E-state index in [9.17, 15) is 14.0 Å². The number of carbonyl (C=O) groups is 2. The highest BCUT2D eigenvalue weighted by Gasteiger charge is 2.23. The second-order valence-corrected chi connectivity index (χ2v) is 6.95. The van der Waals surface area contributed by atoms with Crippen molar-refractivity contribution in [2.45, 2.75) is 22.0 Å². The number of hydrogen-bond donors (Lipinski definition) is 3. The van der Waals surface area contributed by atoms with Gasteiger partial charge in [0, 0.05) is 21.0 Å². The summed E-state index contributed by atoms with van der Waals surface area (Å²) in [7, 11) is 0. The molecule has 0 saturated carbocycles. The number of hydrogen-bond acceptors (Lipinski definition) is 4. The van der Waals surface area contributed by atoms with Gasteiger partial charge in [-0.15, -0.1) is 24.4 Å². The monoisotopic (exact) mass is 348 g/mol. The van der Waals surface area contributed by atoms with E-state index in [0.717, 1.165) is 4.90 Å². The molecular weight excluding hydrogens is 335 g/mol. The third-order valence-corrected chi connectivity index (χ3v) is 4.92. The first-order valence-electron chi connectivity index (χ1n) is 6.85. The van der Waals surface area contributed by atoms with E-state index in [-0.39, 0.29) is 22.0 Å². The zero-order valence-corrected chi connectivity index (χ0v) is 13.8. The summed E-state index contributed by atoms with van der Waals surface area (Å²) in [6.07, 6.45) is 0. The Morgan fingerprint density at radius 2 is 2.09 bits per heavy atom. The van der Waals surface area contributed by atoms with Crippen LogP contribution in [0.5, 0.6) is 0 Å². The van der Waals surface area contributed by atoms with Gasteiger partial charge in [0.1, 0.15) is 5.82 Å². The summed E-state index contributed by atoms with van der Waals surface area (Å²) < 4.78 is 13.5. The minimum atomic E-state index is -0.505. The molecule has 3 rings (SSSR count). The lowest BCUT2D eigenvalue weighted by Gasteiger charge is -2.21. The van der Waals surface area contributed by atoms with Crippen molar-refractivity contribution in [1.82, 2.24) is 0 Å². The third kappa shape index (κ3) is 3.35. The van der Waals surface area contributed by atoms with E-state index in [1.54, 1.807) is 24.3 Å². The lowest BCUT2D eigenvalue weighted by Crippen LogP contribution is -2.26. The van der Waals surface area contributed by atoms with Crippen LogP contribution in [0.4, 0.5) is 15.8 Å². The summed E-state index contributed by atoms with van der Waals surface area (Å²) in [5.41, 5.74) is 1.34. The Kier molecular flexibility index (Phi) is 4.32. The van der Waals surface area contributed by atoms with E-state index in [4.69, 9.17) is 0 Å². The number of halogens is 1. The van der Waals surface area contributed by atoms with Crippen LogP contribution in [0.2, 0.25) is 0 Å². The molecule has 0 aromatic heterocycles. The number of amides is 2. The molecule has 0 aliphatic carbocycles. The molecule has 2 aromatic carbocycles. The van der Waals surface area contributed by atoms with E-state index in [1.165, 1.54) is 23.9 Å². The molecule has 2 amide bonds. The van der Waals surface area contributed by atoms with Gasteiger partial charge in [-0.05, 0) is 43.3 Å². The Hall–Kier alpha value is -1.99. The molecule has 1 unspecified atom stereocenters. The molecule has 1 aliphatic rings. The van der Waals surface area contributed by atoms with Gasteiger partial charge >= 0.3 is 0 Å². The number of carbonyl (C=O) groups excluding carboxylic acids is 2. The van der Waals surface area contributed by atoms with E-state index >= 15 is 0 Å². The van der Waals surface area contributed by atoms with Crippen molar-refractivity contribution >= 4 is 47.6 Å². The van der Waals surface area contributed by atoms with Crippen LogP contribution in [-0.2, 0) is 4.79 Å². The minimum Gasteiger partial charge on any atom is -0.324 e. The third-order valence-electron chi connectivity index (χ3n) is 3.38. The quantitative estimate of drug-likeness (QED) is 0.724. The highest BCUT2D eigenvalue weighted by atomic mass is 32.2. The largest absolute Gasteiger partial charge is 0.324 e. The number of anilines is 2. The van der Waals surface area contributed by atoms with Crippen LogP contribution in [0.1, 0.15) is 17.3 Å². The standard InChI is InChI=1S/C16H13FN2O2S2/c1-8-15(20)19-12-6-9(2-5-14(12)23-8)16(21)18-10-3-4-13(22)11(17)7-10/h2-8,22H,1H3,(H,18,21)(H,19,20). The van der Waals surface area contributed by atoms with Crippen molar-refractivity contribution in [3.05, 3.63) is 47.8 Å². The van der Waals surface area contributed by atoms with Crippen molar-refractivity contribution in [2.24, 2.45) is 0 Å². The van der Waals surface area contributed by atoms with Crippen LogP contribution in [0.25, 0.3) is 0 Å². The van der Waals surface area contributed by atoms with Gasteiger partial charge < -0.3 is 10.6 Å². The fraction of sp³-hybridized carbons (Fsp3) is 0.125. The van der Waals surface area contributed by atoms with Crippen LogP contribution in [-0.4, -0.2) is 17.1 Å². The first-order chi connectivity index (χ1) is 10.9. The second kappa shape index (κ2) is 6.25. The Bertz CT molecular complexity index is 811. The van der Waals surface area contributed by atoms with Crippen molar-refractivity contribution < 1.29 is 14.0 Å². The van der Waals surface area contributed by atoms with Crippen LogP contribution in [0, 0.1) is 5.82 Å². The van der Waals surface area contributed by atoms with Crippen molar-refractivity contribution in [1.29, 1.82) is 0 Å². The molecular formula is C16H13FN2O2S2. The van der Waals surface area contributed by atoms with Gasteiger partial charge in [-0.1, -0.05) is 0 Å². The number of fused-ring (bicyclic) bond motifs is 1. The Morgan fingerprint density at radius 3 is 2.83 bits per heavy atom. The van der Waals surface area contributed by atoms with E-state index < -0.39 is 5.82 Å². The number of nitrogens with one attached hydrogen (secondary N) is 2. The molecule has 2 aromatic rings. The maximum Gasteiger partial charge on any atom is 0.255 e. The zero-order chi connectivity index (χ0) is 16.6. The summed E-state index contributed by atoms with van der Waals surface area (Å²) in [4.78, 5) is 25.1. The average Bonchev–Trinajstić information content (AvgIpc) is 2.51. The van der Waals surface area contributed by atoms with Crippen LogP contribution >= 0.6 is 24.4 Å². The highest BCUT2D eigenvalue weighted by molar-refractivity contribution is 8.00. The summed E-state index contributed by atoms with van der Waals surface area (Å²) in [6, 6.07) is 9.33. The predicted molar refractivity (Wildman–Crippen MR) is 92.0 cm³/mol. The summed E-state index contributed by atoms with van der Waals surface area (Å²) >= 11 is 5.39. The maximum atomic E-state index is 13.5. The predicted octanol–water partition coefficient (Wildman–Crippen LogP) is 3.80. The maximum absolute atomic E-state index is 13.5. The second-order valence-electron chi connectivity index (χ2n) is 5.08. The van der Waals surface area contributed by atoms with E-state index in [2.05, 4.69) is 23.3 Å². The molecule has 0 bridgehead atoms. The molecule has 0 fully saturated rings. The normalized spacial score (nSPS) is 16.5. The van der Waals surface area contributed by atoms with E-state index in [1.807, 2.05) is 6.92 Å². The van der Waals surface area contributed by atoms with Gasteiger partial charge in [0.2, 0.25) is 5.91 Å². The first kappa shape index (κ1) is 15.9. The fourth-order valence-electron chi connectivity index (χ4n) is 2.14. The van der Waals surface area contributed by atoms with Gasteiger partial charge in [0.05, 0.1) is 10.9 Å². The number of thioether (sulfide) groups is 1. The lowest BCUT2D eigenvalue weighted by molar-refractivity contribution is -0.115. The van der Waals surface area contributed by atoms with E-state index in [0.29, 0.717) is 16.9 Å². The molecule has 7 heteroatoms. The van der Waals surface area contributed by atoms with Gasteiger partial charge in [-0.3, -0.25) is 9.59 Å². The summed E-state index contributed by atoms with van der Waals surface area (Å²) in [5.74, 6) is -0.974. The number of thiol groups is 1. The molecule has 0 spiro atoms. The molecule has 1 aliphatic heterocycles. The molecule has 0 saturated heterocycles. The van der Waals surface area contributed by atoms with Crippen LogP contribution < -0.4 is 10.6 Å². The van der Waals surface area contributed by atoms with Gasteiger partial charge in [-0.2, -0.15) is 0 Å². The first-order valence-corrected chi connectivity index (χ1v) is 8.18. The van der Waals surface area contributed by atoms with Gasteiger partial charge in [0.25, 0.3) is 5.91 Å². The summed E-state index contributed by atoms with van der Waals surface area (Å²) in [6.45, 7) is 1.82. The molecule has 1 atom stereocenters. The van der Waals surface area contributed by atoms with Crippen LogP contribution in [0.15, 0.2) is 46.2 Å². The topological polar surface area (TPSA) is 58.2 Å². The molecule has 2 N–H and O–H groups in total. The molecule has 1 heterocycles. The fourth-order valence-corrected chi connectivity index (χ4v) is 3.21. The van der Waals surface area contributed by atoms with Gasteiger partial charge in [-0.25, -0.2) is 4.39 Å². The minimum absolute atomic E-state index is 0.0912. The molecule has 118 valence electrons. The Balaban J connectivity index is 1.81. The van der Waals surface area contributed by atoms with Crippen molar-refractivity contribution in [2.75, 3.05) is 10.6 Å². The van der Waals surface area contributed by atoms with Crippen LogP contribution in [0.3, 0.4) is 0 Å². The van der Waals surface area contributed by atoms with Crippen molar-refractivity contribution in [3.8, 4) is 0 Å². The Morgan fingerprint density at radius 1 is 1.30 bits per heavy atom. The van der Waals surface area contributed by atoms with Crippen molar-refractivity contribution in [3.63, 3.8) is 0 Å². The molecule has 4 nitrogen and oxygen atoms in total. The number of benzene rings is 2. The molecule has 0 radical (unpaired) electrons. The average molecular weight is 348 g/mol. The SMILES string of the molecule is CC1Sc2ccc(C(=O)Nc3ccc(S)c(F)c3)cc2NC1=O. The number of rotatable bonds is 2. The highest BCUT2D eigenvalue weighted by Crippen LogP contribution is 2.36. The summed E-state index contributed by atoms with van der Waals surface area (Å²) in [5, 5.41) is 5.23.